The first-order valence-electron chi connectivity index (χ1n) is 6.58. The van der Waals surface area contributed by atoms with E-state index in [1.807, 2.05) is 56.3 Å². The van der Waals surface area contributed by atoms with E-state index in [4.69, 9.17) is 0 Å². The molecule has 0 bridgehead atoms. The minimum atomic E-state index is -0.113. The molecule has 0 aromatic heterocycles. The number of hydrogen-bond donors (Lipinski definition) is 1. The van der Waals surface area contributed by atoms with Crippen molar-refractivity contribution in [2.45, 2.75) is 20.3 Å². The maximum absolute atomic E-state index is 11.7. The largest absolute Gasteiger partial charge is 0.273 e. The maximum Gasteiger partial charge on any atom is 0.244 e. The number of rotatable bonds is 4. The Labute approximate surface area is 119 Å². The number of carbonyl (C=O) groups excluding carboxylic acids is 1. The molecular formula is C17H18N2O. The minimum Gasteiger partial charge on any atom is -0.273 e. The number of nitrogens with one attached hydrogen (secondary N) is 1. The van der Waals surface area contributed by atoms with Crippen LogP contribution in [0, 0.1) is 13.8 Å². The number of benzene rings is 2. The molecule has 2 rings (SSSR count). The second kappa shape index (κ2) is 6.66. The molecule has 0 fully saturated rings. The van der Waals surface area contributed by atoms with Crippen LogP contribution in [-0.2, 0) is 11.2 Å². The van der Waals surface area contributed by atoms with Crippen LogP contribution in [0.15, 0.2) is 53.6 Å². The Morgan fingerprint density at radius 3 is 2.65 bits per heavy atom. The van der Waals surface area contributed by atoms with Gasteiger partial charge >= 0.3 is 0 Å². The van der Waals surface area contributed by atoms with Crippen molar-refractivity contribution in [3.05, 3.63) is 70.8 Å². The third-order valence-electron chi connectivity index (χ3n) is 3.04. The molecule has 0 aliphatic carbocycles. The summed E-state index contributed by atoms with van der Waals surface area (Å²) < 4.78 is 0. The Kier molecular flexibility index (Phi) is 4.66. The zero-order valence-electron chi connectivity index (χ0n) is 11.8. The summed E-state index contributed by atoms with van der Waals surface area (Å²) in [4.78, 5) is 11.7. The van der Waals surface area contributed by atoms with Gasteiger partial charge in [-0.2, -0.15) is 5.10 Å². The van der Waals surface area contributed by atoms with Gasteiger partial charge < -0.3 is 0 Å². The van der Waals surface area contributed by atoms with Crippen LogP contribution in [-0.4, -0.2) is 12.1 Å². The van der Waals surface area contributed by atoms with Crippen molar-refractivity contribution >= 4 is 12.1 Å². The molecule has 0 heterocycles. The highest BCUT2D eigenvalue weighted by molar-refractivity contribution is 5.84. The van der Waals surface area contributed by atoms with Gasteiger partial charge in [0.2, 0.25) is 5.91 Å². The summed E-state index contributed by atoms with van der Waals surface area (Å²) in [5.41, 5.74) is 6.86. The van der Waals surface area contributed by atoms with Crippen molar-refractivity contribution in [1.82, 2.24) is 5.43 Å². The summed E-state index contributed by atoms with van der Waals surface area (Å²) in [5, 5.41) is 4.02. The highest BCUT2D eigenvalue weighted by Gasteiger charge is 2.01. The van der Waals surface area contributed by atoms with Gasteiger partial charge in [0, 0.05) is 0 Å². The maximum atomic E-state index is 11.7. The number of amides is 1. The van der Waals surface area contributed by atoms with Crippen LogP contribution in [0.25, 0.3) is 0 Å². The Morgan fingerprint density at radius 1 is 1.15 bits per heavy atom. The van der Waals surface area contributed by atoms with Gasteiger partial charge in [-0.05, 0) is 30.5 Å². The van der Waals surface area contributed by atoms with E-state index >= 15 is 0 Å². The Hall–Kier alpha value is -2.42. The molecule has 0 spiro atoms. The first kappa shape index (κ1) is 14.0. The molecule has 0 saturated carbocycles. The van der Waals surface area contributed by atoms with Crippen LogP contribution < -0.4 is 5.43 Å². The van der Waals surface area contributed by atoms with Gasteiger partial charge in [-0.3, -0.25) is 4.79 Å². The molecule has 2 aromatic rings. The van der Waals surface area contributed by atoms with Crippen molar-refractivity contribution in [1.29, 1.82) is 0 Å². The van der Waals surface area contributed by atoms with Crippen molar-refractivity contribution in [3.8, 4) is 0 Å². The van der Waals surface area contributed by atoms with Gasteiger partial charge in [-0.1, -0.05) is 54.1 Å². The van der Waals surface area contributed by atoms with Gasteiger partial charge in [0.1, 0.15) is 0 Å². The van der Waals surface area contributed by atoms with E-state index in [-0.39, 0.29) is 5.91 Å². The fraction of sp³-hybridized carbons (Fsp3) is 0.176. The predicted molar refractivity (Wildman–Crippen MR) is 81.8 cm³/mol. The molecule has 2 aromatic carbocycles. The van der Waals surface area contributed by atoms with Crippen molar-refractivity contribution in [2.24, 2.45) is 5.10 Å². The first-order valence-corrected chi connectivity index (χ1v) is 6.58. The summed E-state index contributed by atoms with van der Waals surface area (Å²) >= 11 is 0. The van der Waals surface area contributed by atoms with E-state index < -0.39 is 0 Å². The van der Waals surface area contributed by atoms with Gasteiger partial charge in [0.25, 0.3) is 0 Å². The lowest BCUT2D eigenvalue weighted by atomic mass is 10.1. The zero-order valence-corrected chi connectivity index (χ0v) is 11.8. The monoisotopic (exact) mass is 266 g/mol. The van der Waals surface area contributed by atoms with Gasteiger partial charge in [-0.25, -0.2) is 5.43 Å². The number of hydrazone groups is 1. The van der Waals surface area contributed by atoms with Crippen LogP contribution in [0.5, 0.6) is 0 Å². The van der Waals surface area contributed by atoms with Crippen LogP contribution in [0.3, 0.4) is 0 Å². The average molecular weight is 266 g/mol. The summed E-state index contributed by atoms with van der Waals surface area (Å²) in [5.74, 6) is -0.113. The SMILES string of the molecule is Cc1ccc(C)c(/C=N/NC(=O)Cc2ccccc2)c1. The quantitative estimate of drug-likeness (QED) is 0.671. The molecule has 0 atom stereocenters. The van der Waals surface area contributed by atoms with E-state index in [0.717, 1.165) is 16.7 Å². The minimum absolute atomic E-state index is 0.113. The second-order valence-corrected chi connectivity index (χ2v) is 4.82. The molecule has 0 aliphatic rings. The highest BCUT2D eigenvalue weighted by atomic mass is 16.2. The highest BCUT2D eigenvalue weighted by Crippen LogP contribution is 2.07. The Bertz CT molecular complexity index is 618. The van der Waals surface area contributed by atoms with Crippen molar-refractivity contribution in [2.75, 3.05) is 0 Å². The third kappa shape index (κ3) is 4.05. The predicted octanol–water partition coefficient (Wildman–Crippen LogP) is 3.00. The fourth-order valence-electron chi connectivity index (χ4n) is 1.89. The number of aryl methyl sites for hydroxylation is 2. The molecule has 3 heteroatoms. The van der Waals surface area contributed by atoms with Crippen LogP contribution in [0.4, 0.5) is 0 Å². The normalized spacial score (nSPS) is 10.7. The molecule has 0 saturated heterocycles. The number of hydrogen-bond acceptors (Lipinski definition) is 2. The summed E-state index contributed by atoms with van der Waals surface area (Å²) in [6.07, 6.45) is 2.02. The molecule has 1 N–H and O–H groups in total. The van der Waals surface area contributed by atoms with E-state index in [1.165, 1.54) is 5.56 Å². The molecule has 102 valence electrons. The van der Waals surface area contributed by atoms with Crippen LogP contribution in [0.2, 0.25) is 0 Å². The van der Waals surface area contributed by atoms with Gasteiger partial charge in [0.15, 0.2) is 0 Å². The van der Waals surface area contributed by atoms with Crippen molar-refractivity contribution < 1.29 is 4.79 Å². The smallest absolute Gasteiger partial charge is 0.244 e. The summed E-state index contributed by atoms with van der Waals surface area (Å²) in [6, 6.07) is 15.8. The molecule has 1 amide bonds. The molecule has 3 nitrogen and oxygen atoms in total. The molecule has 20 heavy (non-hydrogen) atoms. The van der Waals surface area contributed by atoms with Gasteiger partial charge in [0.05, 0.1) is 12.6 Å². The zero-order chi connectivity index (χ0) is 14.4. The topological polar surface area (TPSA) is 41.5 Å². The molecule has 0 aliphatic heterocycles. The summed E-state index contributed by atoms with van der Waals surface area (Å²) in [6.45, 7) is 4.05. The Morgan fingerprint density at radius 2 is 1.90 bits per heavy atom. The number of carbonyl (C=O) groups is 1. The molecular weight excluding hydrogens is 248 g/mol. The van der Waals surface area contributed by atoms with Crippen molar-refractivity contribution in [3.63, 3.8) is 0 Å². The van der Waals surface area contributed by atoms with E-state index in [1.54, 1.807) is 6.21 Å². The lowest BCUT2D eigenvalue weighted by Crippen LogP contribution is -2.19. The van der Waals surface area contributed by atoms with E-state index in [9.17, 15) is 4.79 Å². The van der Waals surface area contributed by atoms with Crippen LogP contribution in [0.1, 0.15) is 22.3 Å². The lowest BCUT2D eigenvalue weighted by Gasteiger charge is -2.02. The van der Waals surface area contributed by atoms with E-state index in [0.29, 0.717) is 6.42 Å². The third-order valence-corrected chi connectivity index (χ3v) is 3.04. The Balaban J connectivity index is 1.93. The second-order valence-electron chi connectivity index (χ2n) is 4.82. The standard InChI is InChI=1S/C17H18N2O/c1-13-8-9-14(2)16(10-13)12-18-19-17(20)11-15-6-4-3-5-7-15/h3-10,12H,11H2,1-2H3,(H,19,20)/b18-12+. The van der Waals surface area contributed by atoms with Crippen LogP contribution >= 0.6 is 0 Å². The average Bonchev–Trinajstić information content (AvgIpc) is 2.44. The molecule has 0 unspecified atom stereocenters. The van der Waals surface area contributed by atoms with E-state index in [2.05, 4.69) is 16.6 Å². The summed E-state index contributed by atoms with van der Waals surface area (Å²) in [7, 11) is 0. The lowest BCUT2D eigenvalue weighted by molar-refractivity contribution is -0.120. The van der Waals surface area contributed by atoms with Gasteiger partial charge in [-0.15, -0.1) is 0 Å². The molecule has 0 radical (unpaired) electrons. The fourth-order valence-corrected chi connectivity index (χ4v) is 1.89. The first-order chi connectivity index (χ1) is 9.65. The number of nitrogens with zero attached hydrogens (tertiary/aromatic N) is 1.